The summed E-state index contributed by atoms with van der Waals surface area (Å²) in [6.45, 7) is 4.12. The quantitative estimate of drug-likeness (QED) is 0.263. The van der Waals surface area contributed by atoms with Gasteiger partial charge in [0.05, 0.1) is 6.17 Å². The Hall–Kier alpha value is -0.610. The lowest BCUT2D eigenvalue weighted by molar-refractivity contribution is -0.122. The summed E-state index contributed by atoms with van der Waals surface area (Å²) in [5.74, 6) is -0.0128. The van der Waals surface area contributed by atoms with Gasteiger partial charge in [-0.15, -0.1) is 0 Å². The van der Waals surface area contributed by atoms with E-state index < -0.39 is 6.17 Å². The van der Waals surface area contributed by atoms with Gasteiger partial charge in [0.2, 0.25) is 5.91 Å². The molecule has 1 amide bonds. The van der Waals surface area contributed by atoms with Gasteiger partial charge in [-0.2, -0.15) is 0 Å². The number of hydrogen-bond acceptors (Lipinski definition) is 3. The summed E-state index contributed by atoms with van der Waals surface area (Å²) in [5, 5.41) is 13.2. The van der Waals surface area contributed by atoms with Crippen LogP contribution in [0.25, 0.3) is 0 Å². The first kappa shape index (κ1) is 20.4. The van der Waals surface area contributed by atoms with Gasteiger partial charge in [0.25, 0.3) is 0 Å². The third-order valence-corrected chi connectivity index (χ3v) is 3.89. The van der Waals surface area contributed by atoms with Crippen LogP contribution in [0.1, 0.15) is 97.3 Å². The van der Waals surface area contributed by atoms with Gasteiger partial charge in [-0.25, -0.2) is 0 Å². The molecule has 0 rings (SSSR count). The van der Waals surface area contributed by atoms with E-state index in [2.05, 4.69) is 12.2 Å². The molecule has 4 nitrogen and oxygen atoms in total. The molecule has 0 aliphatic rings. The van der Waals surface area contributed by atoms with E-state index in [1.54, 1.807) is 0 Å². The van der Waals surface area contributed by atoms with Crippen LogP contribution in [0.4, 0.5) is 0 Å². The molecule has 0 aromatic carbocycles. The number of rotatable bonds is 15. The van der Waals surface area contributed by atoms with Gasteiger partial charge in [-0.05, 0) is 12.8 Å². The zero-order chi connectivity index (χ0) is 15.8. The van der Waals surface area contributed by atoms with E-state index in [-0.39, 0.29) is 5.91 Å². The highest BCUT2D eigenvalue weighted by atomic mass is 16.5. The van der Waals surface area contributed by atoms with E-state index in [0.717, 1.165) is 12.8 Å². The van der Waals surface area contributed by atoms with Crippen LogP contribution >= 0.6 is 0 Å². The smallest absolute Gasteiger partial charge is 0.221 e. The number of amides is 1. The molecule has 126 valence electrons. The Morgan fingerprint density at radius 3 is 1.76 bits per heavy atom. The normalized spacial score (nSPS) is 12.3. The largest absolute Gasteiger partial charge is 0.786 e. The summed E-state index contributed by atoms with van der Waals surface area (Å²) in [4.78, 5) is 11.5. The second-order valence-electron chi connectivity index (χ2n) is 5.93. The van der Waals surface area contributed by atoms with E-state index >= 15 is 0 Å². The van der Waals surface area contributed by atoms with Crippen LogP contribution in [0.2, 0.25) is 0 Å². The first-order valence-corrected chi connectivity index (χ1v) is 8.91. The molecule has 1 unspecified atom stereocenters. The Bertz CT molecular complexity index is 231. The Labute approximate surface area is 131 Å². The lowest BCUT2D eigenvalue weighted by atomic mass is 10.1. The Morgan fingerprint density at radius 1 is 0.857 bits per heavy atom. The van der Waals surface area contributed by atoms with E-state index in [9.17, 15) is 10.0 Å². The SMILES string of the molecule is CCCCCCCCCCCCCC(=O)NC(CC)N[O-]. The van der Waals surface area contributed by atoms with Crippen molar-refractivity contribution in [3.63, 3.8) is 0 Å². The Morgan fingerprint density at radius 2 is 1.33 bits per heavy atom. The fourth-order valence-electron chi connectivity index (χ4n) is 2.43. The van der Waals surface area contributed by atoms with Crippen LogP contribution in [0.5, 0.6) is 0 Å². The van der Waals surface area contributed by atoms with Crippen molar-refractivity contribution in [3.05, 3.63) is 5.21 Å². The number of nitrogens with one attached hydrogen (secondary N) is 2. The number of carbonyl (C=O) groups is 1. The third kappa shape index (κ3) is 14.1. The molecule has 0 saturated heterocycles. The highest BCUT2D eigenvalue weighted by Gasteiger charge is 2.05. The molecule has 0 aliphatic heterocycles. The lowest BCUT2D eigenvalue weighted by Gasteiger charge is -2.21. The minimum Gasteiger partial charge on any atom is -0.786 e. The summed E-state index contributed by atoms with van der Waals surface area (Å²) in [6.07, 6.45) is 14.8. The van der Waals surface area contributed by atoms with E-state index in [0.29, 0.717) is 12.8 Å². The van der Waals surface area contributed by atoms with Gasteiger partial charge < -0.3 is 16.0 Å². The summed E-state index contributed by atoms with van der Waals surface area (Å²) in [6, 6.07) is 0. The molecule has 2 N–H and O–H groups in total. The van der Waals surface area contributed by atoms with Crippen LogP contribution < -0.4 is 10.8 Å². The first-order valence-electron chi connectivity index (χ1n) is 8.91. The number of hydrogen-bond donors (Lipinski definition) is 2. The van der Waals surface area contributed by atoms with E-state index in [4.69, 9.17) is 0 Å². The predicted molar refractivity (Wildman–Crippen MR) is 89.8 cm³/mol. The highest BCUT2D eigenvalue weighted by molar-refractivity contribution is 5.76. The van der Waals surface area contributed by atoms with Crippen LogP contribution in [0.3, 0.4) is 0 Å². The molecule has 21 heavy (non-hydrogen) atoms. The Kier molecular flexibility index (Phi) is 15.3. The van der Waals surface area contributed by atoms with Crippen molar-refractivity contribution in [2.75, 3.05) is 0 Å². The summed E-state index contributed by atoms with van der Waals surface area (Å²) >= 11 is 0. The highest BCUT2D eigenvalue weighted by Crippen LogP contribution is 2.11. The van der Waals surface area contributed by atoms with E-state index in [1.165, 1.54) is 57.8 Å². The van der Waals surface area contributed by atoms with Crippen LogP contribution in [-0.2, 0) is 4.79 Å². The molecule has 0 aromatic rings. The van der Waals surface area contributed by atoms with Crippen molar-refractivity contribution in [1.82, 2.24) is 10.8 Å². The second-order valence-corrected chi connectivity index (χ2v) is 5.93. The molecule has 0 fully saturated rings. The fraction of sp³-hybridized carbons (Fsp3) is 0.941. The average molecular weight is 299 g/mol. The maximum Gasteiger partial charge on any atom is 0.221 e. The van der Waals surface area contributed by atoms with Crippen molar-refractivity contribution >= 4 is 5.91 Å². The molecular weight excluding hydrogens is 264 g/mol. The molecule has 0 saturated carbocycles. The van der Waals surface area contributed by atoms with Crippen LogP contribution in [0, 0.1) is 5.21 Å². The van der Waals surface area contributed by atoms with Crippen LogP contribution in [0.15, 0.2) is 0 Å². The van der Waals surface area contributed by atoms with Gasteiger partial charge in [0, 0.05) is 6.42 Å². The molecule has 0 radical (unpaired) electrons. The first-order chi connectivity index (χ1) is 10.2. The average Bonchev–Trinajstić information content (AvgIpc) is 2.50. The lowest BCUT2D eigenvalue weighted by Crippen LogP contribution is -2.42. The summed E-state index contributed by atoms with van der Waals surface area (Å²) < 4.78 is 0. The number of carbonyl (C=O) groups excluding carboxylic acids is 1. The molecular formula is C17H35N2O2-. The van der Waals surface area contributed by atoms with Crippen molar-refractivity contribution in [3.8, 4) is 0 Å². The molecule has 0 bridgehead atoms. The van der Waals surface area contributed by atoms with Crippen molar-refractivity contribution in [2.45, 2.75) is 103 Å². The van der Waals surface area contributed by atoms with Crippen molar-refractivity contribution < 1.29 is 4.79 Å². The molecule has 1 atom stereocenters. The van der Waals surface area contributed by atoms with Gasteiger partial charge in [-0.1, -0.05) is 78.1 Å². The second kappa shape index (κ2) is 15.8. The van der Waals surface area contributed by atoms with Gasteiger partial charge in [0.1, 0.15) is 0 Å². The zero-order valence-corrected chi connectivity index (χ0v) is 14.1. The maximum absolute atomic E-state index is 11.5. The minimum absolute atomic E-state index is 0.0128. The maximum atomic E-state index is 11.5. The van der Waals surface area contributed by atoms with Gasteiger partial charge in [-0.3, -0.25) is 4.79 Å². The van der Waals surface area contributed by atoms with Gasteiger partial charge in [0.15, 0.2) is 0 Å². The topological polar surface area (TPSA) is 64.2 Å². The van der Waals surface area contributed by atoms with Crippen molar-refractivity contribution in [1.29, 1.82) is 0 Å². The molecule has 0 aliphatic carbocycles. The van der Waals surface area contributed by atoms with Crippen molar-refractivity contribution in [2.24, 2.45) is 0 Å². The monoisotopic (exact) mass is 299 g/mol. The fourth-order valence-corrected chi connectivity index (χ4v) is 2.43. The number of hydroxylamine groups is 1. The minimum atomic E-state index is -0.426. The third-order valence-electron chi connectivity index (χ3n) is 3.89. The standard InChI is InChI=1S/C17H35N2O2/c1-3-5-6-7-8-9-10-11-12-13-14-15-17(20)18-16(4-2)19-21/h16,19H,3-15H2,1-2H3,(H,18,20)/q-1. The summed E-state index contributed by atoms with van der Waals surface area (Å²) in [5.41, 5.74) is 1.84. The zero-order valence-electron chi connectivity index (χ0n) is 14.1. The Balaban J connectivity index is 3.23. The van der Waals surface area contributed by atoms with E-state index in [1.807, 2.05) is 12.4 Å². The molecule has 0 spiro atoms. The molecule has 0 aromatic heterocycles. The molecule has 4 heteroatoms. The summed E-state index contributed by atoms with van der Waals surface area (Å²) in [7, 11) is 0. The molecule has 0 heterocycles. The predicted octanol–water partition coefficient (Wildman–Crippen LogP) is 4.63. The number of unbranched alkanes of at least 4 members (excludes halogenated alkanes) is 10. The van der Waals surface area contributed by atoms with Crippen LogP contribution in [-0.4, -0.2) is 12.1 Å². The van der Waals surface area contributed by atoms with Gasteiger partial charge >= 0.3 is 0 Å².